The number of rotatable bonds is 7. The van der Waals surface area contributed by atoms with E-state index in [1.165, 1.54) is 51.4 Å². The zero-order valence-electron chi connectivity index (χ0n) is 22.8. The van der Waals surface area contributed by atoms with Gasteiger partial charge in [0.25, 0.3) is 0 Å². The molecule has 5 saturated carbocycles. The van der Waals surface area contributed by atoms with Crippen molar-refractivity contribution < 1.29 is 0 Å². The zero-order chi connectivity index (χ0) is 22.8. The molecule has 33 heavy (non-hydrogen) atoms. The molecule has 190 valence electrons. The molecule has 5 fully saturated rings. The lowest BCUT2D eigenvalue weighted by Crippen LogP contribution is -2.38. The fraction of sp³-hybridized carbons (Fsp3) is 1.00. The zero-order valence-corrected chi connectivity index (χ0v) is 22.8. The molecule has 0 heterocycles. The van der Waals surface area contributed by atoms with Crippen LogP contribution in [0.2, 0.25) is 0 Å². The Morgan fingerprint density at radius 1 is 0.636 bits per heavy atom. The van der Waals surface area contributed by atoms with Crippen LogP contribution in [0.3, 0.4) is 0 Å². The Hall–Kier alpha value is 0. The standard InChI is InChI=1S/C33H58/c1-4-10-24-13-8-9-15-28(24)32-22-26-18-19-29(30-20-21-31(32)33(26)30)27(11-5-2)25-14-7-6-12-23(3)16-17-25/h23-33H,4-22H2,1-3H3. The van der Waals surface area contributed by atoms with Crippen molar-refractivity contribution in [2.75, 3.05) is 0 Å². The van der Waals surface area contributed by atoms with E-state index in [4.69, 9.17) is 0 Å². The van der Waals surface area contributed by atoms with Gasteiger partial charge in [-0.25, -0.2) is 0 Å². The Balaban J connectivity index is 1.31. The van der Waals surface area contributed by atoms with Gasteiger partial charge in [-0.1, -0.05) is 97.8 Å². The maximum absolute atomic E-state index is 2.54. The molecule has 0 radical (unpaired) electrons. The van der Waals surface area contributed by atoms with E-state index in [-0.39, 0.29) is 0 Å². The molecule has 0 spiro atoms. The van der Waals surface area contributed by atoms with E-state index in [1.54, 1.807) is 70.6 Å². The maximum Gasteiger partial charge on any atom is -0.0323 e. The van der Waals surface area contributed by atoms with Crippen LogP contribution in [0.4, 0.5) is 0 Å². The highest BCUT2D eigenvalue weighted by Crippen LogP contribution is 2.65. The Labute approximate surface area is 207 Å². The topological polar surface area (TPSA) is 0 Å². The summed E-state index contributed by atoms with van der Waals surface area (Å²) in [6, 6.07) is 0. The number of hydrogen-bond donors (Lipinski definition) is 0. The molecule has 0 aliphatic heterocycles. The van der Waals surface area contributed by atoms with E-state index in [0.717, 1.165) is 65.1 Å². The van der Waals surface area contributed by atoms with E-state index >= 15 is 0 Å². The van der Waals surface area contributed by atoms with Gasteiger partial charge in [-0.2, -0.15) is 0 Å². The van der Waals surface area contributed by atoms with Crippen molar-refractivity contribution in [3.63, 3.8) is 0 Å². The minimum atomic E-state index is 0.990. The second-order valence-electron chi connectivity index (χ2n) is 14.1. The first-order valence-electron chi connectivity index (χ1n) is 16.2. The van der Waals surface area contributed by atoms with Crippen molar-refractivity contribution in [1.82, 2.24) is 0 Å². The first-order chi connectivity index (χ1) is 16.2. The molecular formula is C33H58. The fourth-order valence-corrected chi connectivity index (χ4v) is 11.2. The van der Waals surface area contributed by atoms with Crippen molar-refractivity contribution in [3.8, 4) is 0 Å². The summed E-state index contributed by atoms with van der Waals surface area (Å²) in [7, 11) is 0. The van der Waals surface area contributed by atoms with Gasteiger partial charge in [-0.3, -0.25) is 0 Å². The summed E-state index contributed by atoms with van der Waals surface area (Å²) >= 11 is 0. The van der Waals surface area contributed by atoms with Gasteiger partial charge in [0.15, 0.2) is 0 Å². The highest BCUT2D eigenvalue weighted by Gasteiger charge is 2.57. The van der Waals surface area contributed by atoms with E-state index in [9.17, 15) is 0 Å². The van der Waals surface area contributed by atoms with Crippen molar-refractivity contribution in [2.45, 2.75) is 143 Å². The second kappa shape index (κ2) is 11.4. The van der Waals surface area contributed by atoms with Gasteiger partial charge in [0.2, 0.25) is 0 Å². The van der Waals surface area contributed by atoms with Crippen molar-refractivity contribution in [3.05, 3.63) is 0 Å². The first kappa shape index (κ1) is 24.7. The van der Waals surface area contributed by atoms with Crippen LogP contribution in [-0.4, -0.2) is 0 Å². The second-order valence-corrected chi connectivity index (χ2v) is 14.1. The molecule has 5 aliphatic carbocycles. The molecule has 5 rings (SSSR count). The van der Waals surface area contributed by atoms with Crippen molar-refractivity contribution in [1.29, 1.82) is 0 Å². The largest absolute Gasteiger partial charge is 0.0654 e. The molecule has 0 nitrogen and oxygen atoms in total. The minimum absolute atomic E-state index is 0.990. The summed E-state index contributed by atoms with van der Waals surface area (Å²) in [5.74, 6) is 12.1. The van der Waals surface area contributed by atoms with E-state index in [2.05, 4.69) is 20.8 Å². The molecule has 0 heteroatoms. The summed E-state index contributed by atoms with van der Waals surface area (Å²) in [5, 5.41) is 0. The molecular weight excluding hydrogens is 396 g/mol. The first-order valence-corrected chi connectivity index (χ1v) is 16.2. The molecule has 0 saturated heterocycles. The minimum Gasteiger partial charge on any atom is -0.0654 e. The third-order valence-electron chi connectivity index (χ3n) is 12.4. The summed E-state index contributed by atoms with van der Waals surface area (Å²) in [6.45, 7) is 7.48. The Morgan fingerprint density at radius 3 is 2.27 bits per heavy atom. The average Bonchev–Trinajstić information content (AvgIpc) is 3.41. The highest BCUT2D eigenvalue weighted by atomic mass is 14.6. The SMILES string of the molecule is CCCC1CCCCC1C1CC2CCC(C(CCC)C3CCCCC(C)CC3)C3CCC1C23. The number of hydrogen-bond acceptors (Lipinski definition) is 0. The van der Waals surface area contributed by atoms with Gasteiger partial charge in [0.1, 0.15) is 0 Å². The smallest absolute Gasteiger partial charge is 0.0323 e. The van der Waals surface area contributed by atoms with Crippen molar-refractivity contribution >= 4 is 0 Å². The van der Waals surface area contributed by atoms with Crippen molar-refractivity contribution in [2.24, 2.45) is 65.1 Å². The summed E-state index contributed by atoms with van der Waals surface area (Å²) < 4.78 is 0. The molecule has 11 unspecified atom stereocenters. The third-order valence-corrected chi connectivity index (χ3v) is 12.4. The Morgan fingerprint density at radius 2 is 1.42 bits per heavy atom. The van der Waals surface area contributed by atoms with Crippen LogP contribution in [-0.2, 0) is 0 Å². The van der Waals surface area contributed by atoms with Crippen LogP contribution in [0.25, 0.3) is 0 Å². The summed E-state index contributed by atoms with van der Waals surface area (Å²) in [5.41, 5.74) is 0. The van der Waals surface area contributed by atoms with Gasteiger partial charge >= 0.3 is 0 Å². The molecule has 0 N–H and O–H groups in total. The van der Waals surface area contributed by atoms with E-state index in [0.29, 0.717) is 0 Å². The molecule has 0 bridgehead atoms. The summed E-state index contributed by atoms with van der Waals surface area (Å²) in [4.78, 5) is 0. The molecule has 0 aromatic carbocycles. The van der Waals surface area contributed by atoms with Gasteiger partial charge < -0.3 is 0 Å². The lowest BCUT2D eigenvalue weighted by Gasteiger charge is -2.45. The van der Waals surface area contributed by atoms with Gasteiger partial charge in [0.05, 0.1) is 0 Å². The highest BCUT2D eigenvalue weighted by molar-refractivity contribution is 5.06. The Bertz CT molecular complexity index is 591. The summed E-state index contributed by atoms with van der Waals surface area (Å²) in [6.07, 6.45) is 29.6. The van der Waals surface area contributed by atoms with Crippen LogP contribution < -0.4 is 0 Å². The quantitative estimate of drug-likeness (QED) is 0.359. The monoisotopic (exact) mass is 454 g/mol. The molecule has 11 atom stereocenters. The molecule has 0 aromatic rings. The van der Waals surface area contributed by atoms with Crippen LogP contribution in [0.1, 0.15) is 143 Å². The van der Waals surface area contributed by atoms with Gasteiger partial charge in [-0.05, 0) is 110 Å². The molecule has 0 aromatic heterocycles. The Kier molecular flexibility index (Phi) is 8.51. The predicted octanol–water partition coefficient (Wildman–Crippen LogP) is 10.3. The van der Waals surface area contributed by atoms with E-state index < -0.39 is 0 Å². The maximum atomic E-state index is 2.54. The van der Waals surface area contributed by atoms with Gasteiger partial charge in [0, 0.05) is 0 Å². The normalized spacial score (nSPS) is 47.0. The van der Waals surface area contributed by atoms with Crippen LogP contribution in [0.15, 0.2) is 0 Å². The lowest BCUT2D eigenvalue weighted by molar-refractivity contribution is 0.0397. The average molecular weight is 455 g/mol. The third kappa shape index (κ3) is 5.12. The molecule has 0 amide bonds. The van der Waals surface area contributed by atoms with Gasteiger partial charge in [-0.15, -0.1) is 0 Å². The van der Waals surface area contributed by atoms with Crippen LogP contribution in [0.5, 0.6) is 0 Å². The molecule has 5 aliphatic rings. The van der Waals surface area contributed by atoms with E-state index in [1.807, 2.05) is 0 Å². The van der Waals surface area contributed by atoms with Crippen LogP contribution in [0, 0.1) is 65.1 Å². The lowest BCUT2D eigenvalue weighted by atomic mass is 9.60. The fourth-order valence-electron chi connectivity index (χ4n) is 11.2. The van der Waals surface area contributed by atoms with Crippen LogP contribution >= 0.6 is 0 Å². The predicted molar refractivity (Wildman–Crippen MR) is 143 cm³/mol.